The fraction of sp³-hybridized carbons (Fsp3) is 0.421. The van der Waals surface area contributed by atoms with Gasteiger partial charge in [-0.15, -0.1) is 11.3 Å². The van der Waals surface area contributed by atoms with Gasteiger partial charge in [-0.3, -0.25) is 9.59 Å². The maximum absolute atomic E-state index is 12.9. The molecular formula is C19H21ClN2O3S. The minimum Gasteiger partial charge on any atom is -0.466 e. The number of aromatic nitrogens is 1. The first kappa shape index (κ1) is 18.9. The SMILES string of the molecule is CCOC(=O)C1CCN(C(=O)c2sc(-c3ccc(Cl)cc3)nc2C)CC1. The van der Waals surface area contributed by atoms with E-state index < -0.39 is 0 Å². The van der Waals surface area contributed by atoms with E-state index in [1.54, 1.807) is 6.92 Å². The molecule has 0 unspecified atom stereocenters. The molecule has 2 heterocycles. The van der Waals surface area contributed by atoms with Crippen molar-refractivity contribution in [2.24, 2.45) is 5.92 Å². The molecule has 5 nitrogen and oxygen atoms in total. The molecule has 1 aromatic carbocycles. The van der Waals surface area contributed by atoms with E-state index >= 15 is 0 Å². The predicted molar refractivity (Wildman–Crippen MR) is 103 cm³/mol. The van der Waals surface area contributed by atoms with Gasteiger partial charge >= 0.3 is 5.97 Å². The summed E-state index contributed by atoms with van der Waals surface area (Å²) in [4.78, 5) is 31.7. The van der Waals surface area contributed by atoms with E-state index in [-0.39, 0.29) is 17.8 Å². The first-order valence-electron chi connectivity index (χ1n) is 8.69. The molecule has 0 N–H and O–H groups in total. The third-order valence-corrected chi connectivity index (χ3v) is 5.93. The number of hydrogen-bond donors (Lipinski definition) is 0. The molecule has 1 aliphatic rings. The van der Waals surface area contributed by atoms with E-state index in [9.17, 15) is 9.59 Å². The monoisotopic (exact) mass is 392 g/mol. The van der Waals surface area contributed by atoms with Crippen molar-refractivity contribution < 1.29 is 14.3 Å². The van der Waals surface area contributed by atoms with Gasteiger partial charge in [0.05, 0.1) is 18.2 Å². The number of ether oxygens (including phenoxy) is 1. The summed E-state index contributed by atoms with van der Waals surface area (Å²) in [6.07, 6.45) is 1.29. The summed E-state index contributed by atoms with van der Waals surface area (Å²) in [7, 11) is 0. The molecule has 1 aromatic heterocycles. The summed E-state index contributed by atoms with van der Waals surface area (Å²) in [5.74, 6) is -0.271. The van der Waals surface area contributed by atoms with Crippen LogP contribution in [-0.2, 0) is 9.53 Å². The molecule has 26 heavy (non-hydrogen) atoms. The Bertz CT molecular complexity index is 796. The first-order chi connectivity index (χ1) is 12.5. The van der Waals surface area contributed by atoms with Crippen LogP contribution in [0.15, 0.2) is 24.3 Å². The molecule has 0 radical (unpaired) electrons. The second kappa shape index (κ2) is 8.18. The lowest BCUT2D eigenvalue weighted by Crippen LogP contribution is -2.40. The highest BCUT2D eigenvalue weighted by Crippen LogP contribution is 2.30. The lowest BCUT2D eigenvalue weighted by Gasteiger charge is -2.30. The molecule has 7 heteroatoms. The Hall–Kier alpha value is -1.92. The number of thiazole rings is 1. The van der Waals surface area contributed by atoms with Crippen LogP contribution < -0.4 is 0 Å². The standard InChI is InChI=1S/C19H21ClN2O3S/c1-3-25-19(24)14-8-10-22(11-9-14)18(23)16-12(2)21-17(26-16)13-4-6-15(20)7-5-13/h4-7,14H,3,8-11H2,1-2H3. The quantitative estimate of drug-likeness (QED) is 0.732. The third-order valence-electron chi connectivity index (χ3n) is 4.48. The van der Waals surface area contributed by atoms with Crippen LogP contribution in [0.1, 0.15) is 35.1 Å². The molecular weight excluding hydrogens is 372 g/mol. The molecule has 1 fully saturated rings. The van der Waals surface area contributed by atoms with Crippen LogP contribution >= 0.6 is 22.9 Å². The van der Waals surface area contributed by atoms with Crippen LogP contribution in [0, 0.1) is 12.8 Å². The minimum absolute atomic E-state index is 0.0116. The van der Waals surface area contributed by atoms with Gasteiger partial charge in [0.25, 0.3) is 5.91 Å². The molecule has 0 bridgehead atoms. The number of piperidine rings is 1. The van der Waals surface area contributed by atoms with Crippen molar-refractivity contribution in [2.75, 3.05) is 19.7 Å². The number of aryl methyl sites for hydroxylation is 1. The van der Waals surface area contributed by atoms with Gasteiger partial charge in [0.2, 0.25) is 0 Å². The summed E-state index contributed by atoms with van der Waals surface area (Å²) in [6, 6.07) is 7.43. The molecule has 0 aliphatic carbocycles. The summed E-state index contributed by atoms with van der Waals surface area (Å²) < 4.78 is 5.08. The highest BCUT2D eigenvalue weighted by molar-refractivity contribution is 7.17. The van der Waals surface area contributed by atoms with Gasteiger partial charge in [-0.05, 0) is 38.8 Å². The average molecular weight is 393 g/mol. The number of hydrogen-bond acceptors (Lipinski definition) is 5. The van der Waals surface area contributed by atoms with E-state index in [4.69, 9.17) is 16.3 Å². The Morgan fingerprint density at radius 1 is 1.27 bits per heavy atom. The Morgan fingerprint density at radius 2 is 1.92 bits per heavy atom. The highest BCUT2D eigenvalue weighted by atomic mass is 35.5. The second-order valence-corrected chi connectivity index (χ2v) is 7.69. The summed E-state index contributed by atoms with van der Waals surface area (Å²) in [5, 5.41) is 1.48. The fourth-order valence-corrected chi connectivity index (χ4v) is 4.20. The van der Waals surface area contributed by atoms with Gasteiger partial charge < -0.3 is 9.64 Å². The van der Waals surface area contributed by atoms with Crippen molar-refractivity contribution >= 4 is 34.8 Å². The minimum atomic E-state index is -0.154. The van der Waals surface area contributed by atoms with E-state index in [1.807, 2.05) is 36.1 Å². The molecule has 1 amide bonds. The predicted octanol–water partition coefficient (Wildman–Crippen LogP) is 4.19. The zero-order chi connectivity index (χ0) is 18.7. The van der Waals surface area contributed by atoms with Gasteiger partial charge in [-0.2, -0.15) is 0 Å². The van der Waals surface area contributed by atoms with Crippen LogP contribution in [0.25, 0.3) is 10.6 Å². The lowest BCUT2D eigenvalue weighted by atomic mass is 9.97. The zero-order valence-electron chi connectivity index (χ0n) is 14.8. The highest BCUT2D eigenvalue weighted by Gasteiger charge is 2.30. The summed E-state index contributed by atoms with van der Waals surface area (Å²) in [6.45, 7) is 5.19. The Morgan fingerprint density at radius 3 is 2.54 bits per heavy atom. The number of rotatable bonds is 4. The molecule has 0 saturated carbocycles. The fourth-order valence-electron chi connectivity index (χ4n) is 3.03. The molecule has 0 atom stereocenters. The van der Waals surface area contributed by atoms with Gasteiger partial charge in [-0.1, -0.05) is 23.7 Å². The third kappa shape index (κ3) is 4.07. The molecule has 1 aliphatic heterocycles. The number of nitrogens with zero attached hydrogens (tertiary/aromatic N) is 2. The summed E-state index contributed by atoms with van der Waals surface area (Å²) in [5.41, 5.74) is 1.68. The van der Waals surface area contributed by atoms with Gasteiger partial charge in [-0.25, -0.2) is 4.98 Å². The van der Waals surface area contributed by atoms with Crippen molar-refractivity contribution in [3.05, 3.63) is 39.9 Å². The van der Waals surface area contributed by atoms with Crippen molar-refractivity contribution in [2.45, 2.75) is 26.7 Å². The normalized spacial score (nSPS) is 15.1. The van der Waals surface area contributed by atoms with Gasteiger partial charge in [0.15, 0.2) is 0 Å². The van der Waals surface area contributed by atoms with Crippen LogP contribution in [0.4, 0.5) is 0 Å². The van der Waals surface area contributed by atoms with Crippen molar-refractivity contribution in [3.8, 4) is 10.6 Å². The van der Waals surface area contributed by atoms with E-state index in [0.29, 0.717) is 42.4 Å². The number of esters is 1. The van der Waals surface area contributed by atoms with E-state index in [0.717, 1.165) is 16.3 Å². The van der Waals surface area contributed by atoms with Gasteiger partial charge in [0.1, 0.15) is 9.88 Å². The Balaban J connectivity index is 1.69. The number of halogens is 1. The summed E-state index contributed by atoms with van der Waals surface area (Å²) >= 11 is 7.33. The molecule has 2 aromatic rings. The van der Waals surface area contributed by atoms with Crippen molar-refractivity contribution in [3.63, 3.8) is 0 Å². The molecule has 0 spiro atoms. The number of carbonyl (C=O) groups excluding carboxylic acids is 2. The van der Waals surface area contributed by atoms with E-state index in [1.165, 1.54) is 11.3 Å². The number of amides is 1. The van der Waals surface area contributed by atoms with Crippen LogP contribution in [0.3, 0.4) is 0 Å². The van der Waals surface area contributed by atoms with E-state index in [2.05, 4.69) is 4.98 Å². The van der Waals surface area contributed by atoms with Crippen LogP contribution in [0.5, 0.6) is 0 Å². The molecule has 1 saturated heterocycles. The Labute approximate surface area is 161 Å². The topological polar surface area (TPSA) is 59.5 Å². The maximum atomic E-state index is 12.9. The lowest BCUT2D eigenvalue weighted by molar-refractivity contribution is -0.149. The van der Waals surface area contributed by atoms with Crippen LogP contribution in [-0.4, -0.2) is 41.5 Å². The average Bonchev–Trinajstić information content (AvgIpc) is 3.04. The van der Waals surface area contributed by atoms with Gasteiger partial charge in [0, 0.05) is 23.7 Å². The first-order valence-corrected chi connectivity index (χ1v) is 9.88. The second-order valence-electron chi connectivity index (χ2n) is 6.26. The number of benzene rings is 1. The Kier molecular flexibility index (Phi) is 5.94. The van der Waals surface area contributed by atoms with Crippen LogP contribution in [0.2, 0.25) is 5.02 Å². The molecule has 3 rings (SSSR count). The number of likely N-dealkylation sites (tertiary alicyclic amines) is 1. The largest absolute Gasteiger partial charge is 0.466 e. The zero-order valence-corrected chi connectivity index (χ0v) is 16.4. The smallest absolute Gasteiger partial charge is 0.309 e. The number of carbonyl (C=O) groups is 2. The van der Waals surface area contributed by atoms with Crippen molar-refractivity contribution in [1.82, 2.24) is 9.88 Å². The molecule has 138 valence electrons. The van der Waals surface area contributed by atoms with Crippen molar-refractivity contribution in [1.29, 1.82) is 0 Å². The maximum Gasteiger partial charge on any atom is 0.309 e.